The van der Waals surface area contributed by atoms with Gasteiger partial charge in [0.15, 0.2) is 0 Å². The smallest absolute Gasteiger partial charge is 0.119 e. The Morgan fingerprint density at radius 1 is 1.03 bits per heavy atom. The molecule has 0 bridgehead atoms. The van der Waals surface area contributed by atoms with E-state index in [1.165, 1.54) is 11.1 Å². The minimum absolute atomic E-state index is 0.153. The fourth-order valence-electron chi connectivity index (χ4n) is 2.95. The zero-order chi connectivity index (χ0) is 20.7. The van der Waals surface area contributed by atoms with Crippen LogP contribution in [0.1, 0.15) is 25.0 Å². The molecule has 5 heteroatoms. The molecule has 3 rings (SSSR count). The van der Waals surface area contributed by atoms with E-state index < -0.39 is 6.10 Å². The second kappa shape index (κ2) is 9.80. The first-order chi connectivity index (χ1) is 14.0. The van der Waals surface area contributed by atoms with Gasteiger partial charge in [0.1, 0.15) is 43.5 Å². The highest BCUT2D eigenvalue weighted by Crippen LogP contribution is 2.33. The van der Waals surface area contributed by atoms with Gasteiger partial charge >= 0.3 is 0 Å². The first kappa shape index (κ1) is 21.2. The van der Waals surface area contributed by atoms with Gasteiger partial charge in [-0.05, 0) is 35.4 Å². The average Bonchev–Trinajstić information content (AvgIpc) is 3.56. The molecule has 2 aromatic rings. The normalized spacial score (nSPS) is 16.7. The molecule has 0 unspecified atom stereocenters. The molecule has 1 N–H and O–H groups in total. The van der Waals surface area contributed by atoms with Gasteiger partial charge in [-0.2, -0.15) is 0 Å². The second-order valence-electron chi connectivity index (χ2n) is 7.62. The Bertz CT molecular complexity index is 801. The first-order valence-corrected chi connectivity index (χ1v) is 9.76. The van der Waals surface area contributed by atoms with Crippen LogP contribution < -0.4 is 9.47 Å². The van der Waals surface area contributed by atoms with Crippen molar-refractivity contribution in [2.75, 3.05) is 33.0 Å². The number of epoxide rings is 1. The van der Waals surface area contributed by atoms with Crippen LogP contribution in [0.25, 0.3) is 0 Å². The van der Waals surface area contributed by atoms with E-state index in [0.29, 0.717) is 12.4 Å². The lowest BCUT2D eigenvalue weighted by Crippen LogP contribution is -2.23. The summed E-state index contributed by atoms with van der Waals surface area (Å²) in [6, 6.07) is 16.1. The number of aliphatic hydroxyl groups is 1. The van der Waals surface area contributed by atoms with E-state index in [9.17, 15) is 5.11 Å². The molecule has 0 spiro atoms. The van der Waals surface area contributed by atoms with Gasteiger partial charge in [0, 0.05) is 5.41 Å². The SMILES string of the molecule is C#CCOC[C@H](O)COc1ccc(C(C)(C)c2ccc(OC[C@@H]3CO3)cc2)cc1. The zero-order valence-electron chi connectivity index (χ0n) is 17.0. The molecule has 5 nitrogen and oxygen atoms in total. The number of ether oxygens (including phenoxy) is 4. The standard InChI is InChI=1S/C24H28O5/c1-4-13-26-14-20(25)15-27-21-9-5-18(6-10-21)24(2,3)19-7-11-22(12-8-19)28-16-23-17-29-23/h1,5-12,20,23,25H,13-17H2,2-3H3/t20-,23+/m0/s1. The maximum absolute atomic E-state index is 9.83. The molecule has 1 aliphatic rings. The Balaban J connectivity index is 1.55. The van der Waals surface area contributed by atoms with Gasteiger partial charge in [-0.1, -0.05) is 44.0 Å². The van der Waals surface area contributed by atoms with Crippen molar-refractivity contribution >= 4 is 0 Å². The highest BCUT2D eigenvalue weighted by molar-refractivity contribution is 5.41. The number of aliphatic hydroxyl groups excluding tert-OH is 1. The topological polar surface area (TPSA) is 60.5 Å². The van der Waals surface area contributed by atoms with Gasteiger partial charge < -0.3 is 24.1 Å². The fourth-order valence-corrected chi connectivity index (χ4v) is 2.95. The molecule has 0 aromatic heterocycles. The monoisotopic (exact) mass is 396 g/mol. The minimum Gasteiger partial charge on any atom is -0.491 e. The van der Waals surface area contributed by atoms with Gasteiger partial charge in [-0.25, -0.2) is 0 Å². The van der Waals surface area contributed by atoms with Crippen LogP contribution in [0.2, 0.25) is 0 Å². The summed E-state index contributed by atoms with van der Waals surface area (Å²) < 4.78 is 21.6. The van der Waals surface area contributed by atoms with E-state index in [0.717, 1.165) is 12.4 Å². The fraction of sp³-hybridized carbons (Fsp3) is 0.417. The lowest BCUT2D eigenvalue weighted by molar-refractivity contribution is 0.0229. The molecule has 2 aromatic carbocycles. The van der Waals surface area contributed by atoms with Crippen molar-refractivity contribution in [3.05, 3.63) is 59.7 Å². The lowest BCUT2D eigenvalue weighted by atomic mass is 9.78. The molecule has 29 heavy (non-hydrogen) atoms. The Labute approximate surface area is 172 Å². The van der Waals surface area contributed by atoms with Crippen LogP contribution in [0.15, 0.2) is 48.5 Å². The third-order valence-corrected chi connectivity index (χ3v) is 4.93. The quantitative estimate of drug-likeness (QED) is 0.359. The van der Waals surface area contributed by atoms with Crippen LogP contribution in [0, 0.1) is 12.3 Å². The molecule has 2 atom stereocenters. The van der Waals surface area contributed by atoms with Crippen molar-refractivity contribution < 1.29 is 24.1 Å². The first-order valence-electron chi connectivity index (χ1n) is 9.76. The summed E-state index contributed by atoms with van der Waals surface area (Å²) in [5.74, 6) is 3.92. The van der Waals surface area contributed by atoms with Crippen LogP contribution in [-0.4, -0.2) is 50.3 Å². The van der Waals surface area contributed by atoms with E-state index >= 15 is 0 Å². The second-order valence-corrected chi connectivity index (χ2v) is 7.62. The summed E-state index contributed by atoms with van der Waals surface area (Å²) in [6.45, 7) is 6.26. The number of rotatable bonds is 11. The maximum Gasteiger partial charge on any atom is 0.119 e. The molecule has 1 fully saturated rings. The van der Waals surface area contributed by atoms with Crippen molar-refractivity contribution in [2.24, 2.45) is 0 Å². The molecule has 1 saturated heterocycles. The van der Waals surface area contributed by atoms with Crippen LogP contribution in [0.4, 0.5) is 0 Å². The number of benzene rings is 2. The van der Waals surface area contributed by atoms with Gasteiger partial charge in [0.2, 0.25) is 0 Å². The number of hydrogen-bond donors (Lipinski definition) is 1. The van der Waals surface area contributed by atoms with Crippen LogP contribution in [0.3, 0.4) is 0 Å². The molecule has 0 radical (unpaired) electrons. The van der Waals surface area contributed by atoms with E-state index in [2.05, 4.69) is 31.9 Å². The predicted octanol–water partition coefficient (Wildman–Crippen LogP) is 3.18. The summed E-state index contributed by atoms with van der Waals surface area (Å²) >= 11 is 0. The summed E-state index contributed by atoms with van der Waals surface area (Å²) in [5.41, 5.74) is 2.20. The van der Waals surface area contributed by atoms with Crippen molar-refractivity contribution in [1.29, 1.82) is 0 Å². The predicted molar refractivity (Wildman–Crippen MR) is 111 cm³/mol. The molecular formula is C24H28O5. The average molecular weight is 396 g/mol. The van der Waals surface area contributed by atoms with Crippen molar-refractivity contribution in [2.45, 2.75) is 31.5 Å². The van der Waals surface area contributed by atoms with Gasteiger partial charge in [0.25, 0.3) is 0 Å². The van der Waals surface area contributed by atoms with Crippen LogP contribution in [-0.2, 0) is 14.9 Å². The zero-order valence-corrected chi connectivity index (χ0v) is 17.0. The highest BCUT2D eigenvalue weighted by atomic mass is 16.6. The Hall–Kier alpha value is -2.52. The summed E-state index contributed by atoms with van der Waals surface area (Å²) in [6.07, 6.45) is 4.64. The molecule has 0 amide bonds. The van der Waals surface area contributed by atoms with Crippen molar-refractivity contribution in [3.63, 3.8) is 0 Å². The van der Waals surface area contributed by atoms with Gasteiger partial charge in [-0.15, -0.1) is 6.42 Å². The van der Waals surface area contributed by atoms with Crippen LogP contribution >= 0.6 is 0 Å². The molecule has 0 aliphatic carbocycles. The summed E-state index contributed by atoms with van der Waals surface area (Å²) in [4.78, 5) is 0. The molecule has 1 heterocycles. The Kier molecular flexibility index (Phi) is 7.16. The number of hydrogen-bond acceptors (Lipinski definition) is 5. The Morgan fingerprint density at radius 2 is 1.59 bits per heavy atom. The summed E-state index contributed by atoms with van der Waals surface area (Å²) in [5, 5.41) is 9.83. The van der Waals surface area contributed by atoms with E-state index in [1.807, 2.05) is 36.4 Å². The highest BCUT2D eigenvalue weighted by Gasteiger charge is 2.24. The maximum atomic E-state index is 9.83. The molecular weight excluding hydrogens is 368 g/mol. The van der Waals surface area contributed by atoms with Gasteiger partial charge in [0.05, 0.1) is 13.2 Å². The molecule has 1 aliphatic heterocycles. The summed E-state index contributed by atoms with van der Waals surface area (Å²) in [7, 11) is 0. The van der Waals surface area contributed by atoms with E-state index in [-0.39, 0.29) is 31.3 Å². The molecule has 154 valence electrons. The molecule has 0 saturated carbocycles. The van der Waals surface area contributed by atoms with E-state index in [4.69, 9.17) is 25.4 Å². The number of terminal acetylenes is 1. The Morgan fingerprint density at radius 3 is 2.10 bits per heavy atom. The third-order valence-electron chi connectivity index (χ3n) is 4.93. The minimum atomic E-state index is -0.716. The van der Waals surface area contributed by atoms with Crippen LogP contribution in [0.5, 0.6) is 11.5 Å². The van der Waals surface area contributed by atoms with Gasteiger partial charge in [-0.3, -0.25) is 0 Å². The van der Waals surface area contributed by atoms with E-state index in [1.54, 1.807) is 0 Å². The van der Waals surface area contributed by atoms with Crippen molar-refractivity contribution in [1.82, 2.24) is 0 Å². The largest absolute Gasteiger partial charge is 0.491 e. The third kappa shape index (κ3) is 6.23. The van der Waals surface area contributed by atoms with Crippen molar-refractivity contribution in [3.8, 4) is 23.8 Å². The lowest BCUT2D eigenvalue weighted by Gasteiger charge is -2.26.